The van der Waals surface area contributed by atoms with Crippen LogP contribution in [-0.4, -0.2) is 0 Å². The van der Waals surface area contributed by atoms with E-state index < -0.39 is 0 Å². The van der Waals surface area contributed by atoms with Gasteiger partial charge in [0.2, 0.25) is 0 Å². The molecule has 3 nitrogen and oxygen atoms in total. The maximum atomic E-state index is 6.08. The Kier molecular flexibility index (Phi) is 5.57. The number of ether oxygens (including phenoxy) is 1. The number of unbranched alkanes of at least 4 members (excludes halogenated alkanes) is 1. The van der Waals surface area contributed by atoms with Crippen LogP contribution in [0.25, 0.3) is 0 Å². The van der Waals surface area contributed by atoms with E-state index in [9.17, 15) is 0 Å². The highest BCUT2D eigenvalue weighted by Crippen LogP contribution is 2.30. The first-order valence-electron chi connectivity index (χ1n) is 8.73. The first-order chi connectivity index (χ1) is 12.2. The summed E-state index contributed by atoms with van der Waals surface area (Å²) in [5.41, 5.74) is 9.84. The molecule has 0 aromatic heterocycles. The molecule has 0 spiro atoms. The Bertz CT molecular complexity index is 798. The minimum atomic E-state index is 0.737. The number of aryl methyl sites for hydroxylation is 1. The summed E-state index contributed by atoms with van der Waals surface area (Å²) in [6.45, 7) is 2.20. The van der Waals surface area contributed by atoms with E-state index in [1.165, 1.54) is 5.56 Å². The van der Waals surface area contributed by atoms with Gasteiger partial charge in [-0.1, -0.05) is 31.5 Å². The molecule has 0 aliphatic rings. The van der Waals surface area contributed by atoms with Crippen LogP contribution >= 0.6 is 0 Å². The summed E-state index contributed by atoms with van der Waals surface area (Å²) < 4.78 is 6.08. The molecule has 0 aliphatic carbocycles. The van der Waals surface area contributed by atoms with Gasteiger partial charge in [0.15, 0.2) is 0 Å². The van der Waals surface area contributed by atoms with Crippen LogP contribution in [0, 0.1) is 0 Å². The molecule has 25 heavy (non-hydrogen) atoms. The second-order valence-electron chi connectivity index (χ2n) is 6.09. The standard InChI is InChI=1S/C22H24N2O/c1-2-3-7-17-16-20(24-19-8-5-4-6-9-19)12-15-22(17)25-21-13-10-18(23)11-14-21/h4-6,8-16,24H,2-3,7,23H2,1H3. The molecule has 0 saturated carbocycles. The Balaban J connectivity index is 1.82. The molecule has 0 atom stereocenters. The van der Waals surface area contributed by atoms with Gasteiger partial charge < -0.3 is 15.8 Å². The highest BCUT2D eigenvalue weighted by atomic mass is 16.5. The van der Waals surface area contributed by atoms with Gasteiger partial charge in [-0.25, -0.2) is 0 Å². The van der Waals surface area contributed by atoms with Gasteiger partial charge in [0, 0.05) is 17.1 Å². The van der Waals surface area contributed by atoms with Crippen LogP contribution in [0.1, 0.15) is 25.3 Å². The molecule has 3 N–H and O–H groups in total. The van der Waals surface area contributed by atoms with Crippen molar-refractivity contribution in [1.82, 2.24) is 0 Å². The van der Waals surface area contributed by atoms with Gasteiger partial charge in [-0.3, -0.25) is 0 Å². The van der Waals surface area contributed by atoms with Gasteiger partial charge in [0.1, 0.15) is 11.5 Å². The molecular formula is C22H24N2O. The first-order valence-corrected chi connectivity index (χ1v) is 8.73. The summed E-state index contributed by atoms with van der Waals surface area (Å²) in [6, 6.07) is 24.0. The van der Waals surface area contributed by atoms with E-state index in [4.69, 9.17) is 10.5 Å². The molecule has 3 aromatic rings. The van der Waals surface area contributed by atoms with Crippen molar-refractivity contribution in [3.63, 3.8) is 0 Å². The second-order valence-corrected chi connectivity index (χ2v) is 6.09. The third-order valence-corrected chi connectivity index (χ3v) is 4.03. The molecule has 128 valence electrons. The Labute approximate surface area is 149 Å². The molecule has 0 aliphatic heterocycles. The van der Waals surface area contributed by atoms with Crippen LogP contribution in [0.3, 0.4) is 0 Å². The van der Waals surface area contributed by atoms with Crippen LogP contribution < -0.4 is 15.8 Å². The highest BCUT2D eigenvalue weighted by Gasteiger charge is 2.07. The number of rotatable bonds is 7. The maximum absolute atomic E-state index is 6.08. The predicted molar refractivity (Wildman–Crippen MR) is 106 cm³/mol. The van der Waals surface area contributed by atoms with Crippen molar-refractivity contribution in [2.24, 2.45) is 0 Å². The smallest absolute Gasteiger partial charge is 0.130 e. The Morgan fingerprint density at radius 2 is 1.64 bits per heavy atom. The molecule has 0 heterocycles. The lowest BCUT2D eigenvalue weighted by Gasteiger charge is -2.14. The Morgan fingerprint density at radius 3 is 2.36 bits per heavy atom. The van der Waals surface area contributed by atoms with E-state index in [-0.39, 0.29) is 0 Å². The van der Waals surface area contributed by atoms with E-state index in [0.29, 0.717) is 0 Å². The minimum Gasteiger partial charge on any atom is -0.457 e. The number of para-hydroxylation sites is 1. The van der Waals surface area contributed by atoms with Crippen LogP contribution in [0.2, 0.25) is 0 Å². The van der Waals surface area contributed by atoms with Gasteiger partial charge in [0.05, 0.1) is 0 Å². The Morgan fingerprint density at radius 1 is 0.880 bits per heavy atom. The summed E-state index contributed by atoms with van der Waals surface area (Å²) in [4.78, 5) is 0. The molecule has 0 amide bonds. The first kappa shape index (κ1) is 16.9. The largest absolute Gasteiger partial charge is 0.457 e. The number of anilines is 3. The lowest BCUT2D eigenvalue weighted by atomic mass is 10.1. The van der Waals surface area contributed by atoms with Crippen molar-refractivity contribution >= 4 is 17.1 Å². The zero-order chi connectivity index (χ0) is 17.5. The van der Waals surface area contributed by atoms with Crippen molar-refractivity contribution in [2.45, 2.75) is 26.2 Å². The maximum Gasteiger partial charge on any atom is 0.130 e. The lowest BCUT2D eigenvalue weighted by molar-refractivity contribution is 0.475. The highest BCUT2D eigenvalue weighted by molar-refractivity contribution is 5.62. The third-order valence-electron chi connectivity index (χ3n) is 4.03. The molecule has 0 radical (unpaired) electrons. The van der Waals surface area contributed by atoms with Gasteiger partial charge in [0.25, 0.3) is 0 Å². The van der Waals surface area contributed by atoms with Gasteiger partial charge in [-0.2, -0.15) is 0 Å². The fraction of sp³-hybridized carbons (Fsp3) is 0.182. The lowest BCUT2D eigenvalue weighted by Crippen LogP contribution is -1.96. The molecular weight excluding hydrogens is 308 g/mol. The van der Waals surface area contributed by atoms with Crippen molar-refractivity contribution in [2.75, 3.05) is 11.1 Å². The molecule has 3 aromatic carbocycles. The van der Waals surface area contributed by atoms with Crippen LogP contribution in [0.5, 0.6) is 11.5 Å². The number of hydrogen-bond acceptors (Lipinski definition) is 3. The van der Waals surface area contributed by atoms with Crippen molar-refractivity contribution in [3.05, 3.63) is 78.4 Å². The third kappa shape index (κ3) is 4.77. The number of hydrogen-bond donors (Lipinski definition) is 2. The fourth-order valence-corrected chi connectivity index (χ4v) is 2.67. The van der Waals surface area contributed by atoms with Crippen molar-refractivity contribution in [1.29, 1.82) is 0 Å². The topological polar surface area (TPSA) is 47.3 Å². The number of nitrogen functional groups attached to an aromatic ring is 1. The SMILES string of the molecule is CCCCc1cc(Nc2ccccc2)ccc1Oc1ccc(N)cc1. The molecule has 0 fully saturated rings. The van der Waals surface area contributed by atoms with Gasteiger partial charge in [-0.05, 0) is 73.0 Å². The van der Waals surface area contributed by atoms with Crippen LogP contribution in [0.4, 0.5) is 17.1 Å². The van der Waals surface area contributed by atoms with Crippen molar-refractivity contribution in [3.8, 4) is 11.5 Å². The minimum absolute atomic E-state index is 0.737. The zero-order valence-electron chi connectivity index (χ0n) is 14.5. The quantitative estimate of drug-likeness (QED) is 0.510. The predicted octanol–water partition coefficient (Wildman–Crippen LogP) is 6.15. The van der Waals surface area contributed by atoms with E-state index in [2.05, 4.69) is 36.5 Å². The number of nitrogens with two attached hydrogens (primary N) is 1. The Hall–Kier alpha value is -2.94. The van der Waals surface area contributed by atoms with Crippen LogP contribution in [0.15, 0.2) is 72.8 Å². The molecule has 0 bridgehead atoms. The summed E-state index contributed by atoms with van der Waals surface area (Å²) in [5, 5.41) is 3.45. The van der Waals surface area contributed by atoms with E-state index >= 15 is 0 Å². The average molecular weight is 332 g/mol. The monoisotopic (exact) mass is 332 g/mol. The zero-order valence-corrected chi connectivity index (χ0v) is 14.5. The van der Waals surface area contributed by atoms with E-state index in [1.807, 2.05) is 48.5 Å². The second kappa shape index (κ2) is 8.25. The average Bonchev–Trinajstić information content (AvgIpc) is 2.64. The number of nitrogens with one attached hydrogen (secondary N) is 1. The van der Waals surface area contributed by atoms with Crippen LogP contribution in [-0.2, 0) is 6.42 Å². The normalized spacial score (nSPS) is 10.4. The summed E-state index contributed by atoms with van der Waals surface area (Å²) in [7, 11) is 0. The van der Waals surface area contributed by atoms with E-state index in [0.717, 1.165) is 47.8 Å². The summed E-state index contributed by atoms with van der Waals surface area (Å²) in [5.74, 6) is 1.70. The fourth-order valence-electron chi connectivity index (χ4n) is 2.67. The van der Waals surface area contributed by atoms with Gasteiger partial charge in [-0.15, -0.1) is 0 Å². The molecule has 0 saturated heterocycles. The summed E-state index contributed by atoms with van der Waals surface area (Å²) >= 11 is 0. The molecule has 0 unspecified atom stereocenters. The van der Waals surface area contributed by atoms with E-state index in [1.54, 1.807) is 0 Å². The molecule has 3 rings (SSSR count). The summed E-state index contributed by atoms with van der Waals surface area (Å²) in [6.07, 6.45) is 3.27. The van der Waals surface area contributed by atoms with Crippen molar-refractivity contribution < 1.29 is 4.74 Å². The van der Waals surface area contributed by atoms with Gasteiger partial charge >= 0.3 is 0 Å². The molecule has 3 heteroatoms. The number of benzene rings is 3.